The van der Waals surface area contributed by atoms with E-state index in [0.717, 1.165) is 24.3 Å². The number of aliphatic hydroxyl groups excluding tert-OH is 1. The third-order valence-corrected chi connectivity index (χ3v) is 1.66. The lowest BCUT2D eigenvalue weighted by atomic mass is 10.2. The number of nitrogens with zero attached hydrogens (tertiary/aromatic N) is 1. The predicted octanol–water partition coefficient (Wildman–Crippen LogP) is 0.562. The fourth-order valence-corrected chi connectivity index (χ4v) is 0.930. The molecule has 0 aliphatic carbocycles. The molecule has 0 aliphatic rings. The molecule has 0 spiro atoms. The summed E-state index contributed by atoms with van der Waals surface area (Å²) in [5.41, 5.74) is 2.31. The molecule has 5 heteroatoms. The van der Waals surface area contributed by atoms with Crippen LogP contribution in [0.5, 0.6) is 0 Å². The summed E-state index contributed by atoms with van der Waals surface area (Å²) in [7, 11) is 0. The maximum atomic E-state index is 11.1. The highest BCUT2D eigenvalue weighted by molar-refractivity contribution is 5.82. The molecule has 0 radical (unpaired) electrons. The second-order valence-electron chi connectivity index (χ2n) is 3.12. The normalized spacial score (nSPS) is 10.3. The Bertz CT molecular complexity index is 239. The van der Waals surface area contributed by atoms with Gasteiger partial charge in [-0.15, -0.1) is 0 Å². The summed E-state index contributed by atoms with van der Waals surface area (Å²) in [5, 5.41) is 9.64. The van der Waals surface area contributed by atoms with Crippen LogP contribution >= 0.6 is 0 Å². The molecule has 0 unspecified atom stereocenters. The number of nitrogens with one attached hydrogen (secondary N) is 1. The zero-order valence-electron chi connectivity index (χ0n) is 9.19. The lowest BCUT2D eigenvalue weighted by molar-refractivity contribution is -0.139. The van der Waals surface area contributed by atoms with E-state index < -0.39 is 12.5 Å². The summed E-state index contributed by atoms with van der Waals surface area (Å²) in [5.74, 6) is -0.908. The second kappa shape index (κ2) is 7.99. The number of unbranched alkanes of at least 4 members (excludes halogenated alkanes) is 2. The summed E-state index contributed by atoms with van der Waals surface area (Å²) in [4.78, 5) is 21.9. The summed E-state index contributed by atoms with van der Waals surface area (Å²) in [6.07, 6.45) is 6.18. The average molecular weight is 214 g/mol. The lowest BCUT2D eigenvalue weighted by Crippen LogP contribution is -2.42. The maximum Gasteiger partial charge on any atom is 0.270 e. The van der Waals surface area contributed by atoms with Crippen LogP contribution in [0.15, 0.2) is 12.3 Å². The van der Waals surface area contributed by atoms with Gasteiger partial charge >= 0.3 is 0 Å². The first-order valence-electron chi connectivity index (χ1n) is 4.98. The fraction of sp³-hybridized carbons (Fsp3) is 0.600. The minimum atomic E-state index is -0.627. The van der Waals surface area contributed by atoms with Gasteiger partial charge in [0.05, 0.1) is 0 Å². The zero-order valence-corrected chi connectivity index (χ0v) is 9.19. The van der Waals surface area contributed by atoms with Gasteiger partial charge in [0.15, 0.2) is 0 Å². The topological polar surface area (TPSA) is 69.6 Å². The molecule has 2 amide bonds. The number of hydrogen-bond donors (Lipinski definition) is 2. The molecule has 0 fully saturated rings. The summed E-state index contributed by atoms with van der Waals surface area (Å²) >= 11 is 0. The van der Waals surface area contributed by atoms with Gasteiger partial charge in [-0.3, -0.25) is 15.0 Å². The standard InChI is InChI=1S/C10H18N2O3/c1-3-4-5-6-7-12(10(15)8-13)11-9(2)14/h6-7,13H,3-5,8H2,1-2H3,(H,11,14). The highest BCUT2D eigenvalue weighted by Crippen LogP contribution is 1.96. The predicted molar refractivity (Wildman–Crippen MR) is 56.4 cm³/mol. The highest BCUT2D eigenvalue weighted by atomic mass is 16.3. The van der Waals surface area contributed by atoms with Gasteiger partial charge in [0.25, 0.3) is 5.91 Å². The van der Waals surface area contributed by atoms with Gasteiger partial charge in [-0.25, -0.2) is 5.01 Å². The van der Waals surface area contributed by atoms with Crippen LogP contribution in [0.4, 0.5) is 0 Å². The van der Waals surface area contributed by atoms with Crippen molar-refractivity contribution in [1.82, 2.24) is 10.4 Å². The van der Waals surface area contributed by atoms with Gasteiger partial charge in [0.1, 0.15) is 6.61 Å². The Morgan fingerprint density at radius 2 is 2.13 bits per heavy atom. The highest BCUT2D eigenvalue weighted by Gasteiger charge is 2.09. The van der Waals surface area contributed by atoms with Gasteiger partial charge in [-0.05, 0) is 6.42 Å². The van der Waals surface area contributed by atoms with Crippen LogP contribution in [0, 0.1) is 0 Å². The van der Waals surface area contributed by atoms with E-state index in [-0.39, 0.29) is 5.91 Å². The quantitative estimate of drug-likeness (QED) is 0.519. The molecule has 0 bridgehead atoms. The molecule has 0 heterocycles. The van der Waals surface area contributed by atoms with E-state index in [1.807, 2.05) is 0 Å². The van der Waals surface area contributed by atoms with Crippen LogP contribution in [0.25, 0.3) is 0 Å². The molecule has 15 heavy (non-hydrogen) atoms. The Balaban J connectivity index is 4.17. The zero-order chi connectivity index (χ0) is 11.7. The molecule has 2 N–H and O–H groups in total. The molecular weight excluding hydrogens is 196 g/mol. The first kappa shape index (κ1) is 13.6. The molecular formula is C10H18N2O3. The van der Waals surface area contributed by atoms with E-state index in [9.17, 15) is 9.59 Å². The number of amides is 2. The Kier molecular flexibility index (Phi) is 7.27. The van der Waals surface area contributed by atoms with Gasteiger partial charge in [0.2, 0.25) is 5.91 Å². The number of hydrogen-bond acceptors (Lipinski definition) is 3. The Hall–Kier alpha value is -1.36. The van der Waals surface area contributed by atoms with Crippen molar-refractivity contribution in [3.8, 4) is 0 Å². The molecule has 0 aromatic carbocycles. The number of rotatable bonds is 5. The van der Waals surface area contributed by atoms with Crippen molar-refractivity contribution >= 4 is 11.8 Å². The number of allylic oxidation sites excluding steroid dienone is 1. The van der Waals surface area contributed by atoms with E-state index in [2.05, 4.69) is 12.3 Å². The smallest absolute Gasteiger partial charge is 0.270 e. The largest absolute Gasteiger partial charge is 0.386 e. The van der Waals surface area contributed by atoms with E-state index in [1.165, 1.54) is 13.1 Å². The van der Waals surface area contributed by atoms with E-state index >= 15 is 0 Å². The minimum Gasteiger partial charge on any atom is -0.386 e. The monoisotopic (exact) mass is 214 g/mol. The molecule has 0 saturated heterocycles. The van der Waals surface area contributed by atoms with Crippen LogP contribution in [-0.2, 0) is 9.59 Å². The Morgan fingerprint density at radius 1 is 1.47 bits per heavy atom. The first-order chi connectivity index (χ1) is 7.11. The first-order valence-corrected chi connectivity index (χ1v) is 4.98. The Morgan fingerprint density at radius 3 is 2.60 bits per heavy atom. The fourth-order valence-electron chi connectivity index (χ4n) is 0.930. The molecule has 0 aliphatic heterocycles. The van der Waals surface area contributed by atoms with Gasteiger partial charge in [0, 0.05) is 13.1 Å². The molecule has 0 saturated carbocycles. The molecule has 5 nitrogen and oxygen atoms in total. The van der Waals surface area contributed by atoms with E-state index in [4.69, 9.17) is 5.11 Å². The van der Waals surface area contributed by atoms with Crippen LogP contribution in [-0.4, -0.2) is 28.5 Å². The minimum absolute atomic E-state index is 0.350. The SMILES string of the molecule is CCCCC=CN(NC(C)=O)C(=O)CO. The second-order valence-corrected chi connectivity index (χ2v) is 3.12. The van der Waals surface area contributed by atoms with Crippen molar-refractivity contribution in [2.75, 3.05) is 6.61 Å². The number of aliphatic hydroxyl groups is 1. The van der Waals surface area contributed by atoms with Crippen molar-refractivity contribution < 1.29 is 14.7 Å². The van der Waals surface area contributed by atoms with Crippen LogP contribution in [0.3, 0.4) is 0 Å². The third-order valence-electron chi connectivity index (χ3n) is 1.66. The maximum absolute atomic E-state index is 11.1. The Labute approximate surface area is 89.7 Å². The van der Waals surface area contributed by atoms with Crippen LogP contribution in [0.1, 0.15) is 33.1 Å². The van der Waals surface area contributed by atoms with Crippen LogP contribution in [0.2, 0.25) is 0 Å². The average Bonchev–Trinajstić information content (AvgIpc) is 2.21. The van der Waals surface area contributed by atoms with Gasteiger partial charge in [-0.2, -0.15) is 0 Å². The molecule has 86 valence electrons. The van der Waals surface area contributed by atoms with Crippen LogP contribution < -0.4 is 5.43 Å². The summed E-state index contributed by atoms with van der Waals surface area (Å²) in [6.45, 7) is 2.74. The van der Waals surface area contributed by atoms with Crippen molar-refractivity contribution in [2.24, 2.45) is 0 Å². The third kappa shape index (κ3) is 6.68. The number of hydrazine groups is 1. The molecule has 0 atom stereocenters. The van der Waals surface area contributed by atoms with Crippen molar-refractivity contribution in [3.05, 3.63) is 12.3 Å². The number of carbonyl (C=O) groups is 2. The summed E-state index contributed by atoms with van der Waals surface area (Å²) in [6, 6.07) is 0. The van der Waals surface area contributed by atoms with E-state index in [1.54, 1.807) is 6.08 Å². The molecule has 0 aromatic heterocycles. The van der Waals surface area contributed by atoms with Crippen molar-refractivity contribution in [3.63, 3.8) is 0 Å². The molecule has 0 rings (SSSR count). The van der Waals surface area contributed by atoms with Gasteiger partial charge in [-0.1, -0.05) is 25.8 Å². The number of carbonyl (C=O) groups excluding carboxylic acids is 2. The van der Waals surface area contributed by atoms with E-state index in [0.29, 0.717) is 0 Å². The van der Waals surface area contributed by atoms with Gasteiger partial charge < -0.3 is 5.11 Å². The summed E-state index contributed by atoms with van der Waals surface area (Å²) < 4.78 is 0. The molecule has 0 aromatic rings. The lowest BCUT2D eigenvalue weighted by Gasteiger charge is -2.16. The van der Waals surface area contributed by atoms with Crippen molar-refractivity contribution in [2.45, 2.75) is 33.1 Å². The van der Waals surface area contributed by atoms with Crippen molar-refractivity contribution in [1.29, 1.82) is 0 Å².